The van der Waals surface area contributed by atoms with Crippen LogP contribution in [0.5, 0.6) is 0 Å². The maximum atomic E-state index is 6.14. The fraction of sp³-hybridized carbons (Fsp3) is 0.500. The summed E-state index contributed by atoms with van der Waals surface area (Å²) in [5, 5.41) is 3.17. The second-order valence-electron chi connectivity index (χ2n) is 6.61. The average Bonchev–Trinajstić information content (AvgIpc) is 2.62. The van der Waals surface area contributed by atoms with Crippen molar-refractivity contribution in [3.8, 4) is 0 Å². The van der Waals surface area contributed by atoms with Gasteiger partial charge in [0, 0.05) is 16.7 Å². The van der Waals surface area contributed by atoms with Crippen molar-refractivity contribution in [2.24, 2.45) is 0 Å². The van der Waals surface area contributed by atoms with Crippen LogP contribution in [0.4, 0.5) is 5.69 Å². The Morgan fingerprint density at radius 1 is 1.27 bits per heavy atom. The molecule has 0 unspecified atom stereocenters. The van der Waals surface area contributed by atoms with Crippen LogP contribution in [0.2, 0.25) is 0 Å². The predicted molar refractivity (Wildman–Crippen MR) is 96.5 cm³/mol. The van der Waals surface area contributed by atoms with Gasteiger partial charge in [-0.15, -0.1) is 0 Å². The molecule has 1 aromatic carbocycles. The van der Waals surface area contributed by atoms with E-state index in [1.54, 1.807) is 0 Å². The van der Waals surface area contributed by atoms with E-state index >= 15 is 0 Å². The molecule has 6 heteroatoms. The molecule has 2 rings (SSSR count). The van der Waals surface area contributed by atoms with Gasteiger partial charge in [0.1, 0.15) is 0 Å². The second kappa shape index (κ2) is 6.36. The number of nitrogens with one attached hydrogen (secondary N) is 1. The topological polar surface area (TPSA) is 56.5 Å². The van der Waals surface area contributed by atoms with E-state index in [9.17, 15) is 0 Å². The lowest BCUT2D eigenvalue weighted by molar-refractivity contribution is 0.00578. The van der Waals surface area contributed by atoms with Crippen LogP contribution >= 0.6 is 15.9 Å². The molecule has 0 atom stereocenters. The lowest BCUT2D eigenvalue weighted by Gasteiger charge is -2.32. The molecule has 1 saturated heterocycles. The summed E-state index contributed by atoms with van der Waals surface area (Å²) in [6.07, 6.45) is 2.04. The van der Waals surface area contributed by atoms with E-state index in [1.807, 2.05) is 31.3 Å². The molecule has 4 nitrogen and oxygen atoms in total. The van der Waals surface area contributed by atoms with E-state index in [-0.39, 0.29) is 18.3 Å². The largest absolute Gasteiger partial charge is 0.491 e. The van der Waals surface area contributed by atoms with E-state index in [0.717, 1.165) is 21.2 Å². The van der Waals surface area contributed by atoms with Gasteiger partial charge < -0.3 is 20.4 Å². The van der Waals surface area contributed by atoms with Crippen molar-refractivity contribution in [2.45, 2.75) is 38.9 Å². The molecule has 0 bridgehead atoms. The zero-order valence-corrected chi connectivity index (χ0v) is 15.5. The lowest BCUT2D eigenvalue weighted by atomic mass is 9.77. The lowest BCUT2D eigenvalue weighted by Crippen LogP contribution is -2.41. The number of hydrogen-bond donors (Lipinski definition) is 2. The number of nitrogens with two attached hydrogens (primary N) is 1. The van der Waals surface area contributed by atoms with E-state index in [4.69, 9.17) is 15.0 Å². The molecule has 120 valence electrons. The zero-order valence-electron chi connectivity index (χ0n) is 13.9. The quantitative estimate of drug-likeness (QED) is 0.634. The van der Waals surface area contributed by atoms with Gasteiger partial charge in [0.25, 0.3) is 0 Å². The van der Waals surface area contributed by atoms with Crippen molar-refractivity contribution in [3.05, 3.63) is 33.7 Å². The molecule has 0 radical (unpaired) electrons. The Bertz CT molecular complexity index is 572. The maximum Gasteiger partial charge on any atom is 0.491 e. The normalized spacial score (nSPS) is 20.5. The smallest absolute Gasteiger partial charge is 0.400 e. The molecule has 1 fully saturated rings. The Balaban J connectivity index is 2.35. The standard InChI is InChI=1S/C16H24BBrN2O2/c1-15(2)16(3,4)22-17(21-15)12(10-20-5)8-11-9-13(18)6-7-14(11)19/h6-9,20H,10,19H2,1-5H3. The molecule has 22 heavy (non-hydrogen) atoms. The minimum absolute atomic E-state index is 0.354. The molecule has 0 saturated carbocycles. The number of halogens is 1. The number of rotatable bonds is 4. The second-order valence-corrected chi connectivity index (χ2v) is 7.53. The molecular formula is C16H24BBrN2O2. The Labute approximate surface area is 141 Å². The third kappa shape index (κ3) is 3.57. The highest BCUT2D eigenvalue weighted by Crippen LogP contribution is 2.39. The SMILES string of the molecule is CNCC(=Cc1cc(Br)ccc1N)B1OC(C)(C)C(C)(C)O1. The van der Waals surface area contributed by atoms with Crippen LogP contribution in [-0.2, 0) is 9.31 Å². The van der Waals surface area contributed by atoms with E-state index in [1.165, 1.54) is 0 Å². The summed E-state index contributed by atoms with van der Waals surface area (Å²) in [7, 11) is 1.53. The third-order valence-electron chi connectivity index (χ3n) is 4.33. The van der Waals surface area contributed by atoms with Crippen molar-refractivity contribution < 1.29 is 9.31 Å². The molecule has 0 aromatic heterocycles. The highest BCUT2D eigenvalue weighted by Gasteiger charge is 2.52. The number of anilines is 1. The zero-order chi connectivity index (χ0) is 16.5. The minimum Gasteiger partial charge on any atom is -0.400 e. The highest BCUT2D eigenvalue weighted by molar-refractivity contribution is 9.10. The molecule has 1 aliphatic rings. The Morgan fingerprint density at radius 3 is 2.41 bits per heavy atom. The average molecular weight is 367 g/mol. The van der Waals surface area contributed by atoms with Gasteiger partial charge in [-0.2, -0.15) is 0 Å². The van der Waals surface area contributed by atoms with Crippen molar-refractivity contribution in [3.63, 3.8) is 0 Å². The monoisotopic (exact) mass is 366 g/mol. The molecule has 0 aliphatic carbocycles. The van der Waals surface area contributed by atoms with Crippen LogP contribution in [-0.4, -0.2) is 31.9 Å². The molecule has 1 aliphatic heterocycles. The summed E-state index contributed by atoms with van der Waals surface area (Å²) >= 11 is 3.48. The van der Waals surface area contributed by atoms with Crippen molar-refractivity contribution in [2.75, 3.05) is 19.3 Å². The van der Waals surface area contributed by atoms with Gasteiger partial charge in [-0.25, -0.2) is 0 Å². The molecule has 0 amide bonds. The van der Waals surface area contributed by atoms with Gasteiger partial charge in [0.2, 0.25) is 0 Å². The molecular weight excluding hydrogens is 343 g/mol. The van der Waals surface area contributed by atoms with Crippen LogP contribution in [0, 0.1) is 0 Å². The fourth-order valence-electron chi connectivity index (χ4n) is 2.27. The fourth-order valence-corrected chi connectivity index (χ4v) is 2.65. The Morgan fingerprint density at radius 2 is 1.86 bits per heavy atom. The van der Waals surface area contributed by atoms with Gasteiger partial charge in [0.05, 0.1) is 11.2 Å². The van der Waals surface area contributed by atoms with Crippen LogP contribution in [0.15, 0.2) is 28.1 Å². The Hall–Kier alpha value is -0.815. The summed E-state index contributed by atoms with van der Waals surface area (Å²) in [6, 6.07) is 5.81. The summed E-state index contributed by atoms with van der Waals surface area (Å²) < 4.78 is 13.3. The van der Waals surface area contributed by atoms with Gasteiger partial charge in [-0.3, -0.25) is 0 Å². The van der Waals surface area contributed by atoms with Crippen molar-refractivity contribution in [1.29, 1.82) is 0 Å². The number of benzene rings is 1. The van der Waals surface area contributed by atoms with Gasteiger partial charge in [0.15, 0.2) is 0 Å². The van der Waals surface area contributed by atoms with Crippen LogP contribution in [0.25, 0.3) is 6.08 Å². The predicted octanol–water partition coefficient (Wildman–Crippen LogP) is 3.27. The number of likely N-dealkylation sites (N-methyl/N-ethyl adjacent to an activating group) is 1. The maximum absolute atomic E-state index is 6.14. The van der Waals surface area contributed by atoms with Crippen LogP contribution < -0.4 is 11.1 Å². The molecule has 0 spiro atoms. The number of nitrogen functional groups attached to an aromatic ring is 1. The van der Waals surface area contributed by atoms with Crippen molar-refractivity contribution in [1.82, 2.24) is 5.32 Å². The summed E-state index contributed by atoms with van der Waals surface area (Å²) in [4.78, 5) is 0. The molecule has 3 N–H and O–H groups in total. The van der Waals surface area contributed by atoms with Gasteiger partial charge >= 0.3 is 7.12 Å². The third-order valence-corrected chi connectivity index (χ3v) is 4.82. The first kappa shape index (κ1) is 17.5. The first-order valence-corrected chi connectivity index (χ1v) is 8.21. The summed E-state index contributed by atoms with van der Waals surface area (Å²) in [5.74, 6) is 0. The van der Waals surface area contributed by atoms with Crippen LogP contribution in [0.1, 0.15) is 33.3 Å². The number of hydrogen-bond acceptors (Lipinski definition) is 4. The summed E-state index contributed by atoms with van der Waals surface area (Å²) in [6.45, 7) is 8.88. The van der Waals surface area contributed by atoms with Gasteiger partial charge in [-0.05, 0) is 64.0 Å². The van der Waals surface area contributed by atoms with E-state index in [2.05, 4.69) is 48.9 Å². The Kier molecular flexibility index (Phi) is 5.07. The highest BCUT2D eigenvalue weighted by atomic mass is 79.9. The minimum atomic E-state index is -0.379. The first-order chi connectivity index (χ1) is 10.2. The van der Waals surface area contributed by atoms with Crippen molar-refractivity contribution >= 4 is 34.8 Å². The van der Waals surface area contributed by atoms with E-state index in [0.29, 0.717) is 6.54 Å². The molecule has 1 heterocycles. The van der Waals surface area contributed by atoms with Gasteiger partial charge in [-0.1, -0.05) is 22.0 Å². The van der Waals surface area contributed by atoms with E-state index < -0.39 is 0 Å². The first-order valence-electron chi connectivity index (χ1n) is 7.42. The van der Waals surface area contributed by atoms with Crippen LogP contribution in [0.3, 0.4) is 0 Å². The summed E-state index contributed by atoms with van der Waals surface area (Å²) in [5.41, 5.74) is 8.07. The molecule has 1 aromatic rings.